The minimum Gasteiger partial charge on any atom is -0.393 e. The van der Waals surface area contributed by atoms with Crippen LogP contribution in [0.15, 0.2) is 72.8 Å². The third-order valence-electron chi connectivity index (χ3n) is 5.82. The number of amides is 1. The van der Waals surface area contributed by atoms with E-state index < -0.39 is 35.9 Å². The van der Waals surface area contributed by atoms with Crippen LogP contribution in [0.5, 0.6) is 0 Å². The number of hydrogen-bond acceptors (Lipinski definition) is 4. The second-order valence-electron chi connectivity index (χ2n) is 7.40. The van der Waals surface area contributed by atoms with Crippen LogP contribution < -0.4 is 0 Å². The summed E-state index contributed by atoms with van der Waals surface area (Å²) < 4.78 is 4.93. The second kappa shape index (κ2) is 6.75. The van der Waals surface area contributed by atoms with E-state index in [4.69, 9.17) is 4.74 Å². The smallest absolute Gasteiger partial charge is 0.319 e. The van der Waals surface area contributed by atoms with Crippen LogP contribution in [0, 0.1) is 29.6 Å². The molecular formula is C24H17NO4. The molecule has 2 aromatic carbocycles. The van der Waals surface area contributed by atoms with Gasteiger partial charge in [-0.05, 0) is 24.3 Å². The molecular weight excluding hydrogens is 366 g/mol. The van der Waals surface area contributed by atoms with Crippen LogP contribution in [0.4, 0.5) is 0 Å². The Labute approximate surface area is 168 Å². The first-order chi connectivity index (χ1) is 14.1. The Hall–Kier alpha value is -3.65. The van der Waals surface area contributed by atoms with E-state index >= 15 is 0 Å². The van der Waals surface area contributed by atoms with Crippen LogP contribution in [-0.2, 0) is 14.3 Å². The van der Waals surface area contributed by atoms with Gasteiger partial charge in [-0.15, -0.1) is 0 Å². The molecule has 3 heterocycles. The zero-order valence-electron chi connectivity index (χ0n) is 15.4. The van der Waals surface area contributed by atoms with Gasteiger partial charge >= 0.3 is 11.9 Å². The molecule has 6 rings (SSSR count). The van der Waals surface area contributed by atoms with E-state index in [9.17, 15) is 14.4 Å². The molecule has 2 bridgehead atoms. The summed E-state index contributed by atoms with van der Waals surface area (Å²) in [6, 6.07) is 17.3. The summed E-state index contributed by atoms with van der Waals surface area (Å²) in [7, 11) is 0. The van der Waals surface area contributed by atoms with Gasteiger partial charge in [0, 0.05) is 17.0 Å². The minimum atomic E-state index is -0.667. The fourth-order valence-electron chi connectivity index (χ4n) is 4.53. The van der Waals surface area contributed by atoms with E-state index in [0.717, 1.165) is 5.56 Å². The van der Waals surface area contributed by atoms with Gasteiger partial charge in [0.15, 0.2) is 0 Å². The molecule has 2 aromatic rings. The maximum absolute atomic E-state index is 13.4. The zero-order valence-corrected chi connectivity index (χ0v) is 15.4. The standard InChI is InChI=1S/C24H17NO4/c26-22(16-9-5-2-6-10-16)25-18(13-11-15-7-3-1-4-8-15)17-12-14-19(25)21-20(17)23(27)29-24(21)28/h1-10,12,14,17-21H/t17-,18-,19+,20+,21+/m0/s1. The maximum atomic E-state index is 13.4. The molecule has 2 fully saturated rings. The molecule has 2 saturated heterocycles. The molecule has 0 aromatic heterocycles. The van der Waals surface area contributed by atoms with Gasteiger partial charge in [0.1, 0.15) is 6.04 Å². The Morgan fingerprint density at radius 3 is 2.24 bits per heavy atom. The first-order valence-corrected chi connectivity index (χ1v) is 9.53. The summed E-state index contributed by atoms with van der Waals surface area (Å²) in [5, 5.41) is 0. The fraction of sp³-hybridized carbons (Fsp3) is 0.208. The summed E-state index contributed by atoms with van der Waals surface area (Å²) in [6.45, 7) is 0. The van der Waals surface area contributed by atoms with Gasteiger partial charge in [-0.3, -0.25) is 14.4 Å². The Bertz CT molecular complexity index is 1080. The van der Waals surface area contributed by atoms with Crippen LogP contribution in [0.25, 0.3) is 0 Å². The van der Waals surface area contributed by atoms with Crippen molar-refractivity contribution in [2.24, 2.45) is 17.8 Å². The molecule has 5 atom stereocenters. The van der Waals surface area contributed by atoms with Crippen LogP contribution >= 0.6 is 0 Å². The van der Waals surface area contributed by atoms with Crippen molar-refractivity contribution in [3.8, 4) is 11.8 Å². The third kappa shape index (κ3) is 2.76. The normalized spacial score (nSPS) is 29.1. The number of piperidine rings is 1. The SMILES string of the molecule is O=C1OC(=O)[C@H]2[C@H]1[C@H]1C=C[C@H]2N(C(=O)c2ccccc2)[C@H]1C#Cc1ccccc1. The first-order valence-electron chi connectivity index (χ1n) is 9.53. The Morgan fingerprint density at radius 2 is 1.52 bits per heavy atom. The van der Waals surface area contributed by atoms with Gasteiger partial charge in [0.05, 0.1) is 17.9 Å². The number of cyclic esters (lactones) is 2. The molecule has 3 aliphatic heterocycles. The predicted molar refractivity (Wildman–Crippen MR) is 104 cm³/mol. The molecule has 1 amide bonds. The van der Waals surface area contributed by atoms with Crippen molar-refractivity contribution in [1.29, 1.82) is 0 Å². The molecule has 1 aliphatic carbocycles. The van der Waals surface area contributed by atoms with E-state index in [-0.39, 0.29) is 11.8 Å². The lowest BCUT2D eigenvalue weighted by Crippen LogP contribution is -2.62. The second-order valence-corrected chi connectivity index (χ2v) is 7.40. The van der Waals surface area contributed by atoms with E-state index in [1.54, 1.807) is 29.2 Å². The van der Waals surface area contributed by atoms with E-state index in [2.05, 4.69) is 11.8 Å². The molecule has 0 radical (unpaired) electrons. The molecule has 0 spiro atoms. The lowest BCUT2D eigenvalue weighted by atomic mass is 9.66. The number of ether oxygens (including phenoxy) is 1. The number of carbonyl (C=O) groups excluding carboxylic acids is 3. The first kappa shape index (κ1) is 17.4. The van der Waals surface area contributed by atoms with Crippen molar-refractivity contribution in [1.82, 2.24) is 4.90 Å². The molecule has 0 N–H and O–H groups in total. The molecule has 4 aliphatic rings. The zero-order chi connectivity index (χ0) is 20.0. The molecule has 5 nitrogen and oxygen atoms in total. The van der Waals surface area contributed by atoms with Crippen molar-refractivity contribution in [2.75, 3.05) is 0 Å². The van der Waals surface area contributed by atoms with Gasteiger partial charge in [-0.1, -0.05) is 60.4 Å². The summed E-state index contributed by atoms with van der Waals surface area (Å²) in [5.41, 5.74) is 1.35. The van der Waals surface area contributed by atoms with Gasteiger partial charge < -0.3 is 9.64 Å². The summed E-state index contributed by atoms with van der Waals surface area (Å²) >= 11 is 0. The quantitative estimate of drug-likeness (QED) is 0.328. The number of rotatable bonds is 1. The molecule has 0 saturated carbocycles. The van der Waals surface area contributed by atoms with Crippen molar-refractivity contribution < 1.29 is 19.1 Å². The highest BCUT2D eigenvalue weighted by atomic mass is 16.6. The van der Waals surface area contributed by atoms with Gasteiger partial charge in [0.2, 0.25) is 0 Å². The maximum Gasteiger partial charge on any atom is 0.319 e. The lowest BCUT2D eigenvalue weighted by molar-refractivity contribution is -0.153. The Balaban J connectivity index is 1.59. The average Bonchev–Trinajstić information content (AvgIpc) is 3.08. The van der Waals surface area contributed by atoms with Crippen molar-refractivity contribution in [3.63, 3.8) is 0 Å². The van der Waals surface area contributed by atoms with Crippen molar-refractivity contribution in [3.05, 3.63) is 83.9 Å². The third-order valence-corrected chi connectivity index (χ3v) is 5.82. The average molecular weight is 383 g/mol. The molecule has 5 heteroatoms. The van der Waals surface area contributed by atoms with Crippen molar-refractivity contribution >= 4 is 17.8 Å². The molecule has 0 unspecified atom stereocenters. The Kier molecular flexibility index (Phi) is 4.06. The number of hydrogen-bond donors (Lipinski definition) is 0. The molecule has 29 heavy (non-hydrogen) atoms. The highest BCUT2D eigenvalue weighted by Crippen LogP contribution is 2.47. The van der Waals surface area contributed by atoms with Crippen LogP contribution in [0.3, 0.4) is 0 Å². The van der Waals surface area contributed by atoms with E-state index in [1.165, 1.54) is 0 Å². The van der Waals surface area contributed by atoms with Crippen molar-refractivity contribution in [2.45, 2.75) is 12.1 Å². The summed E-state index contributed by atoms with van der Waals surface area (Å²) in [5.74, 6) is 3.41. The monoisotopic (exact) mass is 383 g/mol. The van der Waals surface area contributed by atoms with Crippen LogP contribution in [0.2, 0.25) is 0 Å². The van der Waals surface area contributed by atoms with Crippen LogP contribution in [0.1, 0.15) is 15.9 Å². The number of nitrogens with zero attached hydrogens (tertiary/aromatic N) is 1. The number of carbonyl (C=O) groups is 3. The van der Waals surface area contributed by atoms with Gasteiger partial charge in [0.25, 0.3) is 5.91 Å². The largest absolute Gasteiger partial charge is 0.393 e. The lowest BCUT2D eigenvalue weighted by Gasteiger charge is -2.49. The van der Waals surface area contributed by atoms with Crippen LogP contribution in [-0.4, -0.2) is 34.8 Å². The topological polar surface area (TPSA) is 63.7 Å². The van der Waals surface area contributed by atoms with Gasteiger partial charge in [-0.25, -0.2) is 0 Å². The Morgan fingerprint density at radius 1 is 0.862 bits per heavy atom. The number of esters is 2. The van der Waals surface area contributed by atoms with E-state index in [0.29, 0.717) is 5.56 Å². The highest BCUT2D eigenvalue weighted by Gasteiger charge is 2.61. The summed E-state index contributed by atoms with van der Waals surface area (Å²) in [6.07, 6.45) is 3.75. The number of benzene rings is 2. The minimum absolute atomic E-state index is 0.206. The van der Waals surface area contributed by atoms with E-state index in [1.807, 2.05) is 48.6 Å². The number of fused-ring (bicyclic) bond motifs is 1. The summed E-state index contributed by atoms with van der Waals surface area (Å²) in [4.78, 5) is 39.7. The van der Waals surface area contributed by atoms with Gasteiger partial charge in [-0.2, -0.15) is 0 Å². The molecule has 142 valence electrons. The highest BCUT2D eigenvalue weighted by molar-refractivity contribution is 6.01. The fourth-order valence-corrected chi connectivity index (χ4v) is 4.53. The predicted octanol–water partition coefficient (Wildman–Crippen LogP) is 2.43.